The van der Waals surface area contributed by atoms with Gasteiger partial charge in [-0.25, -0.2) is 13.1 Å². The molecule has 2 fully saturated rings. The Bertz CT molecular complexity index is 309. The van der Waals surface area contributed by atoms with E-state index < -0.39 is 15.3 Å². The second kappa shape index (κ2) is 2.53. The highest BCUT2D eigenvalue weighted by Crippen LogP contribution is 2.30. The molecule has 0 spiro atoms. The van der Waals surface area contributed by atoms with Crippen LogP contribution in [0.1, 0.15) is 19.3 Å². The Morgan fingerprint density at radius 3 is 2.83 bits per heavy atom. The van der Waals surface area contributed by atoms with Crippen molar-refractivity contribution in [2.75, 3.05) is 6.54 Å². The second-order valence-corrected chi connectivity index (χ2v) is 5.32. The van der Waals surface area contributed by atoms with Crippen LogP contribution in [-0.4, -0.2) is 26.0 Å². The topological polar surface area (TPSA) is 63.2 Å². The van der Waals surface area contributed by atoms with Gasteiger partial charge in [-0.1, -0.05) is 0 Å². The smallest absolute Gasteiger partial charge is 0.221 e. The summed E-state index contributed by atoms with van der Waals surface area (Å²) in [6.45, 7) is 0.457. The van der Waals surface area contributed by atoms with Crippen LogP contribution in [0.15, 0.2) is 0 Å². The molecule has 0 radical (unpaired) electrons. The molecular weight excluding hydrogens is 178 g/mol. The molecule has 1 N–H and O–H groups in total. The molecule has 1 aliphatic carbocycles. The van der Waals surface area contributed by atoms with E-state index in [9.17, 15) is 13.2 Å². The fourth-order valence-corrected chi connectivity index (χ4v) is 3.87. The molecule has 5 heteroatoms. The monoisotopic (exact) mass is 189 g/mol. The molecule has 1 aliphatic heterocycles. The fraction of sp³-hybridized carbons (Fsp3) is 0.857. The number of hydrogen-bond acceptors (Lipinski definition) is 3. The lowest BCUT2D eigenvalue weighted by Crippen LogP contribution is -2.36. The number of rotatable bonds is 0. The zero-order chi connectivity index (χ0) is 8.77. The van der Waals surface area contributed by atoms with Crippen molar-refractivity contribution in [2.45, 2.75) is 24.5 Å². The lowest BCUT2D eigenvalue weighted by Gasteiger charge is -2.20. The highest BCUT2D eigenvalue weighted by Gasteiger charge is 2.46. The summed E-state index contributed by atoms with van der Waals surface area (Å²) in [6.07, 6.45) is 2.14. The number of carbonyl (C=O) groups excluding carboxylic acids is 1. The molecule has 1 saturated carbocycles. The molecule has 4 nitrogen and oxygen atoms in total. The third-order valence-corrected chi connectivity index (χ3v) is 4.51. The molecule has 0 aromatic rings. The Labute approximate surface area is 71.4 Å². The van der Waals surface area contributed by atoms with Crippen molar-refractivity contribution in [1.82, 2.24) is 4.72 Å². The molecule has 1 heterocycles. The third-order valence-electron chi connectivity index (χ3n) is 2.62. The van der Waals surface area contributed by atoms with Gasteiger partial charge in [-0.2, -0.15) is 0 Å². The van der Waals surface area contributed by atoms with Crippen molar-refractivity contribution < 1.29 is 13.2 Å². The Kier molecular flexibility index (Phi) is 1.73. The van der Waals surface area contributed by atoms with Crippen LogP contribution >= 0.6 is 0 Å². The summed E-state index contributed by atoms with van der Waals surface area (Å²) in [5.41, 5.74) is 0. The van der Waals surface area contributed by atoms with Crippen LogP contribution in [0.25, 0.3) is 0 Å². The molecule has 12 heavy (non-hydrogen) atoms. The van der Waals surface area contributed by atoms with E-state index in [1.54, 1.807) is 0 Å². The Morgan fingerprint density at radius 1 is 1.42 bits per heavy atom. The van der Waals surface area contributed by atoms with E-state index in [2.05, 4.69) is 4.72 Å². The Hall–Kier alpha value is -0.420. The van der Waals surface area contributed by atoms with Gasteiger partial charge in [0.2, 0.25) is 10.0 Å². The molecular formula is C7H11NO3S. The summed E-state index contributed by atoms with van der Waals surface area (Å²) in [6, 6.07) is 0. The van der Waals surface area contributed by atoms with Gasteiger partial charge in [-0.15, -0.1) is 0 Å². The molecule has 0 aromatic heterocycles. The van der Waals surface area contributed by atoms with E-state index in [4.69, 9.17) is 0 Å². The summed E-state index contributed by atoms with van der Waals surface area (Å²) in [5.74, 6) is -0.0625. The van der Waals surface area contributed by atoms with Crippen molar-refractivity contribution in [3.63, 3.8) is 0 Å². The normalized spacial score (nSPS) is 39.5. The Morgan fingerprint density at radius 2 is 2.17 bits per heavy atom. The van der Waals surface area contributed by atoms with E-state index in [0.29, 0.717) is 13.0 Å². The van der Waals surface area contributed by atoms with Crippen molar-refractivity contribution >= 4 is 15.8 Å². The molecule has 0 aromatic carbocycles. The van der Waals surface area contributed by atoms with Crippen molar-refractivity contribution in [1.29, 1.82) is 0 Å². The van der Waals surface area contributed by atoms with Gasteiger partial charge in [0.05, 0.1) is 0 Å². The summed E-state index contributed by atoms with van der Waals surface area (Å²) < 4.78 is 25.0. The van der Waals surface area contributed by atoms with E-state index in [0.717, 1.165) is 12.8 Å². The fourth-order valence-electron chi connectivity index (χ4n) is 2.04. The average Bonchev–Trinajstić information content (AvgIpc) is 2.29. The largest absolute Gasteiger partial charge is 0.298 e. The second-order valence-electron chi connectivity index (χ2n) is 3.43. The van der Waals surface area contributed by atoms with Crippen molar-refractivity contribution in [3.05, 3.63) is 0 Å². The highest BCUT2D eigenvalue weighted by atomic mass is 32.2. The summed E-state index contributed by atoms with van der Waals surface area (Å²) >= 11 is 0. The maximum Gasteiger partial charge on any atom is 0.221 e. The number of sulfonamides is 1. The van der Waals surface area contributed by atoms with Gasteiger partial charge in [0.15, 0.2) is 5.78 Å². The van der Waals surface area contributed by atoms with Crippen LogP contribution in [0.5, 0.6) is 0 Å². The zero-order valence-corrected chi connectivity index (χ0v) is 7.43. The van der Waals surface area contributed by atoms with Gasteiger partial charge in [0.1, 0.15) is 5.25 Å². The van der Waals surface area contributed by atoms with Gasteiger partial charge >= 0.3 is 0 Å². The van der Waals surface area contributed by atoms with Crippen LogP contribution in [-0.2, 0) is 14.8 Å². The lowest BCUT2D eigenvalue weighted by atomic mass is 9.88. The predicted molar refractivity (Wildman–Crippen MR) is 43.1 cm³/mol. The van der Waals surface area contributed by atoms with Crippen molar-refractivity contribution in [3.8, 4) is 0 Å². The molecule has 2 unspecified atom stereocenters. The molecule has 2 aliphatic rings. The van der Waals surface area contributed by atoms with Crippen LogP contribution in [0.3, 0.4) is 0 Å². The number of nitrogens with one attached hydrogen (secondary N) is 1. The minimum atomic E-state index is -3.30. The molecule has 1 saturated heterocycles. The van der Waals surface area contributed by atoms with Crippen LogP contribution in [0, 0.1) is 5.92 Å². The first-order chi connectivity index (χ1) is 5.61. The molecule has 68 valence electrons. The van der Waals surface area contributed by atoms with Gasteiger partial charge in [-0.05, 0) is 18.8 Å². The first-order valence-electron chi connectivity index (χ1n) is 4.12. The van der Waals surface area contributed by atoms with Gasteiger partial charge in [0, 0.05) is 13.0 Å². The van der Waals surface area contributed by atoms with Crippen LogP contribution in [0.2, 0.25) is 0 Å². The maximum absolute atomic E-state index is 11.3. The van der Waals surface area contributed by atoms with Crippen LogP contribution in [0.4, 0.5) is 0 Å². The number of hydrogen-bond donors (Lipinski definition) is 1. The standard InChI is InChI=1S/C7H11NO3S/c9-6-3-1-2-5-4-8-12(10,11)7(5)6/h5,7-8H,1-4H2. The average molecular weight is 189 g/mol. The van der Waals surface area contributed by atoms with Crippen LogP contribution < -0.4 is 4.72 Å². The predicted octanol–water partition coefficient (Wildman–Crippen LogP) is -0.343. The summed E-state index contributed by atoms with van der Waals surface area (Å²) in [4.78, 5) is 11.3. The Balaban J connectivity index is 2.35. The number of ketones is 1. The zero-order valence-electron chi connectivity index (χ0n) is 6.62. The van der Waals surface area contributed by atoms with Gasteiger partial charge in [0.25, 0.3) is 0 Å². The lowest BCUT2D eigenvalue weighted by molar-refractivity contribution is -0.120. The van der Waals surface area contributed by atoms with E-state index >= 15 is 0 Å². The SMILES string of the molecule is O=C1CCCC2CNS(=O)(=O)C12. The van der Waals surface area contributed by atoms with E-state index in [-0.39, 0.29) is 11.7 Å². The number of Topliss-reactive ketones (excluding diaryl/α,β-unsaturated/α-hetero) is 1. The first kappa shape index (κ1) is 8.19. The summed E-state index contributed by atoms with van der Waals surface area (Å²) in [7, 11) is -3.30. The number of fused-ring (bicyclic) bond motifs is 1. The number of carbonyl (C=O) groups is 1. The molecule has 2 atom stereocenters. The molecule has 2 rings (SSSR count). The minimum absolute atomic E-state index is 0.0382. The molecule has 0 amide bonds. The van der Waals surface area contributed by atoms with Gasteiger partial charge in [-0.3, -0.25) is 4.79 Å². The molecule has 0 bridgehead atoms. The third kappa shape index (κ3) is 1.08. The minimum Gasteiger partial charge on any atom is -0.298 e. The van der Waals surface area contributed by atoms with Gasteiger partial charge < -0.3 is 0 Å². The first-order valence-corrected chi connectivity index (χ1v) is 5.67. The summed E-state index contributed by atoms with van der Waals surface area (Å²) in [5, 5.41) is -0.730. The van der Waals surface area contributed by atoms with Crippen molar-refractivity contribution in [2.24, 2.45) is 5.92 Å². The van der Waals surface area contributed by atoms with E-state index in [1.807, 2.05) is 0 Å². The highest BCUT2D eigenvalue weighted by molar-refractivity contribution is 7.91. The van der Waals surface area contributed by atoms with E-state index in [1.165, 1.54) is 0 Å². The quantitative estimate of drug-likeness (QED) is 0.567. The maximum atomic E-state index is 11.3.